The molecule has 6 heteroatoms. The van der Waals surface area contributed by atoms with Gasteiger partial charge >= 0.3 is 5.97 Å². The fourth-order valence-corrected chi connectivity index (χ4v) is 1.47. The first-order chi connectivity index (χ1) is 6.15. The van der Waals surface area contributed by atoms with Crippen LogP contribution in [0.1, 0.15) is 0 Å². The van der Waals surface area contributed by atoms with Gasteiger partial charge in [-0.05, 0) is 7.05 Å². The third kappa shape index (κ3) is 2.53. The summed E-state index contributed by atoms with van der Waals surface area (Å²) in [5.74, 6) is -0.821. The zero-order valence-corrected chi connectivity index (χ0v) is 7.64. The molecule has 0 aliphatic carbocycles. The monoisotopic (exact) mass is 184 g/mol. The lowest BCUT2D eigenvalue weighted by molar-refractivity contribution is -0.144. The highest BCUT2D eigenvalue weighted by Gasteiger charge is 2.29. The van der Waals surface area contributed by atoms with Crippen molar-refractivity contribution in [3.63, 3.8) is 0 Å². The van der Waals surface area contributed by atoms with Crippen molar-refractivity contribution in [1.82, 2.24) is 9.71 Å². The van der Waals surface area contributed by atoms with Gasteiger partial charge in [0, 0.05) is 19.6 Å². The summed E-state index contributed by atoms with van der Waals surface area (Å²) in [4.78, 5) is 24.6. The van der Waals surface area contributed by atoms with Crippen molar-refractivity contribution in [3.8, 4) is 0 Å². The number of carboxylic acids is 1. The molecule has 0 bridgehead atoms. The number of carbonyl (C=O) groups excluding carboxylic acids is 1. The van der Waals surface area contributed by atoms with E-state index in [1.807, 2.05) is 4.81 Å². The first-order valence-electron chi connectivity index (χ1n) is 4.24. The average molecular weight is 184 g/mol. The molecule has 0 saturated carbocycles. The molecule has 0 amide bonds. The van der Waals surface area contributed by atoms with Crippen LogP contribution in [0.4, 0.5) is 0 Å². The highest BCUT2D eigenvalue weighted by molar-refractivity contribution is 6.64. The van der Waals surface area contributed by atoms with E-state index in [9.17, 15) is 9.59 Å². The maximum Gasteiger partial charge on any atom is 0.322 e. The van der Waals surface area contributed by atoms with Gasteiger partial charge < -0.3 is 14.7 Å². The van der Waals surface area contributed by atoms with E-state index in [2.05, 4.69) is 0 Å². The molecule has 1 aliphatic heterocycles. The number of nitrogens with zero attached hydrogens (tertiary/aromatic N) is 2. The topological polar surface area (TPSA) is 60.9 Å². The average Bonchev–Trinajstić information content (AvgIpc) is 2.08. The summed E-state index contributed by atoms with van der Waals surface area (Å²) in [5.41, 5.74) is 0. The number of aliphatic carboxylic acids is 1. The molecular weight excluding hydrogens is 171 g/mol. The van der Waals surface area contributed by atoms with Crippen molar-refractivity contribution < 1.29 is 14.7 Å². The molecule has 1 rings (SSSR count). The molecule has 1 saturated heterocycles. The van der Waals surface area contributed by atoms with E-state index in [1.54, 1.807) is 11.9 Å². The van der Waals surface area contributed by atoms with E-state index in [-0.39, 0.29) is 0 Å². The van der Waals surface area contributed by atoms with E-state index >= 15 is 0 Å². The molecule has 5 nitrogen and oxygen atoms in total. The molecule has 72 valence electrons. The van der Waals surface area contributed by atoms with Crippen LogP contribution in [0.5, 0.6) is 0 Å². The molecule has 0 aromatic rings. The second-order valence-electron chi connectivity index (χ2n) is 3.26. The Labute approximate surface area is 77.6 Å². The Hall–Kier alpha value is -0.875. The molecule has 1 atom stereocenters. The summed E-state index contributed by atoms with van der Waals surface area (Å²) < 4.78 is 0. The van der Waals surface area contributed by atoms with Gasteiger partial charge in [0.05, 0.1) is 6.19 Å². The minimum Gasteiger partial charge on any atom is -0.480 e. The van der Waals surface area contributed by atoms with E-state index in [0.29, 0.717) is 20.5 Å². The molecular formula is C7H13BN2O3. The highest BCUT2D eigenvalue weighted by Crippen LogP contribution is 2.05. The Kier molecular flexibility index (Phi) is 3.44. The van der Waals surface area contributed by atoms with Crippen LogP contribution in [0.25, 0.3) is 0 Å². The van der Waals surface area contributed by atoms with Crippen molar-refractivity contribution >= 4 is 19.6 Å². The lowest BCUT2D eigenvalue weighted by atomic mass is 9.92. The van der Waals surface area contributed by atoms with Crippen LogP contribution >= 0.6 is 0 Å². The second-order valence-corrected chi connectivity index (χ2v) is 3.26. The van der Waals surface area contributed by atoms with Gasteiger partial charge in [-0.25, -0.2) is 0 Å². The summed E-state index contributed by atoms with van der Waals surface area (Å²) in [6, 6.07) is -0.478. The molecule has 0 spiro atoms. The number of carboxylic acid groups (broad SMARTS) is 1. The van der Waals surface area contributed by atoms with Crippen LogP contribution in [0.15, 0.2) is 0 Å². The third-order valence-corrected chi connectivity index (χ3v) is 2.35. The Morgan fingerprint density at radius 2 is 2.31 bits per heavy atom. The molecule has 13 heavy (non-hydrogen) atoms. The first kappa shape index (κ1) is 10.2. The molecule has 1 N–H and O–H groups in total. The predicted molar refractivity (Wildman–Crippen MR) is 49.5 cm³/mol. The maximum atomic E-state index is 10.8. The van der Waals surface area contributed by atoms with Crippen molar-refractivity contribution in [3.05, 3.63) is 0 Å². The van der Waals surface area contributed by atoms with Crippen LogP contribution in [0.3, 0.4) is 0 Å². The van der Waals surface area contributed by atoms with Gasteiger partial charge in [0.25, 0.3) is 7.41 Å². The predicted octanol–water partition coefficient (Wildman–Crippen LogP) is -1.77. The van der Waals surface area contributed by atoms with Crippen molar-refractivity contribution in [2.75, 3.05) is 26.7 Å². The highest BCUT2D eigenvalue weighted by atomic mass is 16.4. The maximum absolute atomic E-state index is 10.8. The summed E-state index contributed by atoms with van der Waals surface area (Å²) in [6.07, 6.45) is 0.810. The quantitative estimate of drug-likeness (QED) is 0.415. The summed E-state index contributed by atoms with van der Waals surface area (Å²) >= 11 is 0. The number of piperazine rings is 1. The van der Waals surface area contributed by atoms with Gasteiger partial charge in [-0.3, -0.25) is 9.69 Å². The van der Waals surface area contributed by atoms with E-state index in [1.165, 1.54) is 0 Å². The Morgan fingerprint density at radius 3 is 2.85 bits per heavy atom. The van der Waals surface area contributed by atoms with Crippen LogP contribution < -0.4 is 0 Å². The Balaban J connectivity index is 2.52. The van der Waals surface area contributed by atoms with Gasteiger partial charge in [0.2, 0.25) is 0 Å². The van der Waals surface area contributed by atoms with Crippen LogP contribution in [-0.4, -0.2) is 67.1 Å². The SMILES string of the molecule is CN1CCN(BC=O)C[C@H]1C(=O)O. The fourth-order valence-electron chi connectivity index (χ4n) is 1.47. The standard InChI is InChI=1S/C7H13BN2O3/c1-9-2-3-10(8-5-11)4-6(9)7(12)13/h5-6,8H,2-4H2,1H3,(H,12,13)/t6-/m0/s1. The molecule has 1 aliphatic rings. The normalized spacial score (nSPS) is 25.5. The number of hydrogen-bond acceptors (Lipinski definition) is 4. The summed E-state index contributed by atoms with van der Waals surface area (Å²) in [5, 5.41) is 8.84. The molecule has 0 radical (unpaired) electrons. The number of hydrogen-bond donors (Lipinski definition) is 1. The second kappa shape index (κ2) is 4.39. The zero-order valence-electron chi connectivity index (χ0n) is 7.64. The van der Waals surface area contributed by atoms with Gasteiger partial charge in [-0.2, -0.15) is 0 Å². The van der Waals surface area contributed by atoms with Gasteiger partial charge in [-0.1, -0.05) is 0 Å². The number of rotatable bonds is 3. The van der Waals surface area contributed by atoms with Crippen LogP contribution in [0, 0.1) is 0 Å². The van der Waals surface area contributed by atoms with Crippen LogP contribution in [0.2, 0.25) is 0 Å². The zero-order chi connectivity index (χ0) is 9.84. The first-order valence-corrected chi connectivity index (χ1v) is 4.24. The number of carbonyl (C=O) groups is 2. The van der Waals surface area contributed by atoms with Gasteiger partial charge in [-0.15, -0.1) is 0 Å². The fraction of sp³-hybridized carbons (Fsp3) is 0.714. The lowest BCUT2D eigenvalue weighted by Crippen LogP contribution is -2.55. The summed E-state index contributed by atoms with van der Waals surface area (Å²) in [6.45, 7) is 1.90. The smallest absolute Gasteiger partial charge is 0.322 e. The van der Waals surface area contributed by atoms with Gasteiger partial charge in [0.1, 0.15) is 6.04 Å². The lowest BCUT2D eigenvalue weighted by Gasteiger charge is -2.36. The molecule has 1 heterocycles. The number of likely N-dealkylation sites (N-methyl/N-ethyl adjacent to an activating group) is 1. The van der Waals surface area contributed by atoms with Crippen LogP contribution in [-0.2, 0) is 9.59 Å². The minimum absolute atomic E-state index is 0.331. The van der Waals surface area contributed by atoms with E-state index in [0.717, 1.165) is 12.7 Å². The van der Waals surface area contributed by atoms with Gasteiger partial charge in [0.15, 0.2) is 0 Å². The van der Waals surface area contributed by atoms with Crippen molar-refractivity contribution in [1.29, 1.82) is 0 Å². The van der Waals surface area contributed by atoms with E-state index < -0.39 is 12.0 Å². The minimum atomic E-state index is -0.821. The summed E-state index contributed by atoms with van der Waals surface area (Å²) in [7, 11) is 2.12. The Morgan fingerprint density at radius 1 is 1.62 bits per heavy atom. The molecule has 1 fully saturated rings. The molecule has 0 aromatic heterocycles. The molecule has 0 unspecified atom stereocenters. The largest absolute Gasteiger partial charge is 0.480 e. The third-order valence-electron chi connectivity index (χ3n) is 2.35. The Bertz CT molecular complexity index is 212. The van der Waals surface area contributed by atoms with Crippen molar-refractivity contribution in [2.45, 2.75) is 6.04 Å². The van der Waals surface area contributed by atoms with Crippen molar-refractivity contribution in [2.24, 2.45) is 0 Å². The molecule has 0 aromatic carbocycles. The van der Waals surface area contributed by atoms with E-state index in [4.69, 9.17) is 5.11 Å².